The summed E-state index contributed by atoms with van der Waals surface area (Å²) in [7, 11) is 0. The van der Waals surface area contributed by atoms with Gasteiger partial charge in [-0.3, -0.25) is 47.3 Å². The Morgan fingerprint density at radius 1 is 0.455 bits per heavy atom. The van der Waals surface area contributed by atoms with Crippen LogP contribution in [0.5, 0.6) is 0 Å². The van der Waals surface area contributed by atoms with Gasteiger partial charge in [-0.1, -0.05) is 50.9 Å². The molecule has 5 saturated heterocycles. The summed E-state index contributed by atoms with van der Waals surface area (Å²) in [5.41, 5.74) is 0. The SMILES string of the molecule is O=C(O)C1[CH-]CCC2C3NC4NC(NC5NC(NC6NC(NC(N3)C12)C1CCCCC61)C1CCCCC51)C1CCCCC41.[Cu+]. The summed E-state index contributed by atoms with van der Waals surface area (Å²) in [6.07, 6.45) is 21.5. The number of nitrogens with one attached hydrogen (secondary N) is 8. The van der Waals surface area contributed by atoms with Crippen LogP contribution in [0, 0.1) is 59.7 Å². The van der Waals surface area contributed by atoms with Crippen molar-refractivity contribution in [3.63, 3.8) is 0 Å². The minimum atomic E-state index is -0.663. The summed E-state index contributed by atoms with van der Waals surface area (Å²) in [5.74, 6) is 3.05. The molecule has 5 aliphatic heterocycles. The Morgan fingerprint density at radius 2 is 0.750 bits per heavy atom. The maximum atomic E-state index is 12.6. The molecule has 0 aromatic carbocycles. The van der Waals surface area contributed by atoms with Crippen molar-refractivity contribution in [1.29, 1.82) is 0 Å². The first-order valence-corrected chi connectivity index (χ1v) is 18.3. The Balaban J connectivity index is 0.00000289. The third kappa shape index (κ3) is 5.24. The number of aliphatic carboxylic acids is 1. The molecular weight excluding hydrogens is 604 g/mol. The predicted molar refractivity (Wildman–Crippen MR) is 163 cm³/mol. The minimum Gasteiger partial charge on any atom is -0.483 e. The zero-order valence-electron chi connectivity index (χ0n) is 25.9. The topological polar surface area (TPSA) is 134 Å². The van der Waals surface area contributed by atoms with Gasteiger partial charge in [-0.15, -0.1) is 0 Å². The molecule has 4 saturated carbocycles. The fourth-order valence-corrected chi connectivity index (χ4v) is 12.1. The first kappa shape index (κ1) is 31.0. The van der Waals surface area contributed by atoms with E-state index in [4.69, 9.17) is 0 Å². The Bertz CT molecular complexity index is 1050. The fourth-order valence-electron chi connectivity index (χ4n) is 12.1. The molecular formula is C33H55CuN8O2. The summed E-state index contributed by atoms with van der Waals surface area (Å²) < 4.78 is 0. The zero-order valence-corrected chi connectivity index (χ0v) is 26.9. The van der Waals surface area contributed by atoms with E-state index in [2.05, 4.69) is 49.0 Å². The summed E-state index contributed by atoms with van der Waals surface area (Å²) in [4.78, 5) is 12.6. The van der Waals surface area contributed by atoms with E-state index < -0.39 is 11.9 Å². The van der Waals surface area contributed by atoms with Crippen molar-refractivity contribution in [1.82, 2.24) is 42.5 Å². The van der Waals surface area contributed by atoms with E-state index >= 15 is 0 Å². The van der Waals surface area contributed by atoms with Crippen molar-refractivity contribution in [2.45, 2.75) is 139 Å². The molecule has 5 heterocycles. The molecule has 8 bridgehead atoms. The Kier molecular flexibility index (Phi) is 8.87. The summed E-state index contributed by atoms with van der Waals surface area (Å²) in [6.45, 7) is 0. The quantitative estimate of drug-likeness (QED) is 0.152. The smallest absolute Gasteiger partial charge is 0.483 e. The molecule has 44 heavy (non-hydrogen) atoms. The molecule has 17 atom stereocenters. The minimum absolute atomic E-state index is 0. The van der Waals surface area contributed by atoms with E-state index in [0.717, 1.165) is 12.8 Å². The van der Waals surface area contributed by atoms with Crippen LogP contribution in [0.25, 0.3) is 0 Å². The average molecular weight is 659 g/mol. The van der Waals surface area contributed by atoms with Crippen LogP contribution >= 0.6 is 0 Å². The number of hydrogen-bond acceptors (Lipinski definition) is 9. The maximum Gasteiger partial charge on any atom is 1.00 e. The Labute approximate surface area is 273 Å². The van der Waals surface area contributed by atoms with Gasteiger partial charge < -0.3 is 11.5 Å². The van der Waals surface area contributed by atoms with Crippen LogP contribution in [0.3, 0.4) is 0 Å². The van der Waals surface area contributed by atoms with E-state index in [0.29, 0.717) is 59.9 Å². The summed E-state index contributed by atoms with van der Waals surface area (Å²) in [5, 5.41) is 43.2. The second-order valence-electron chi connectivity index (χ2n) is 15.9. The molecule has 0 aromatic heterocycles. The molecule has 9 N–H and O–H groups in total. The molecule has 0 amide bonds. The van der Waals surface area contributed by atoms with Crippen LogP contribution in [0.4, 0.5) is 0 Å². The van der Waals surface area contributed by atoms with E-state index in [9.17, 15) is 9.90 Å². The van der Waals surface area contributed by atoms with Crippen molar-refractivity contribution in [2.24, 2.45) is 53.3 Å². The van der Waals surface area contributed by atoms with Crippen LogP contribution in [0.1, 0.15) is 89.9 Å². The normalized spacial score (nSPS) is 54.8. The summed E-state index contributed by atoms with van der Waals surface area (Å²) in [6, 6.07) is 0. The molecule has 17 unspecified atom stereocenters. The van der Waals surface area contributed by atoms with Crippen molar-refractivity contribution in [3.8, 4) is 0 Å². The first-order chi connectivity index (χ1) is 21.1. The molecule has 9 rings (SSSR count). The van der Waals surface area contributed by atoms with Crippen molar-refractivity contribution < 1.29 is 27.0 Å². The molecule has 9 fully saturated rings. The van der Waals surface area contributed by atoms with Gasteiger partial charge in [-0.05, 0) is 85.9 Å². The molecule has 4 aliphatic carbocycles. The number of hydrogen-bond donors (Lipinski definition) is 9. The molecule has 11 heteroatoms. The molecule has 10 nitrogen and oxygen atoms in total. The van der Waals surface area contributed by atoms with Crippen LogP contribution in [-0.4, -0.2) is 60.4 Å². The van der Waals surface area contributed by atoms with Gasteiger partial charge in [0.1, 0.15) is 0 Å². The zero-order chi connectivity index (χ0) is 28.7. The first-order valence-electron chi connectivity index (χ1n) is 18.3. The van der Waals surface area contributed by atoms with E-state index in [-0.39, 0.29) is 53.8 Å². The molecule has 0 aromatic rings. The number of carboxylic acids is 1. The van der Waals surface area contributed by atoms with Gasteiger partial charge >= 0.3 is 17.1 Å². The van der Waals surface area contributed by atoms with Crippen molar-refractivity contribution in [3.05, 3.63) is 6.42 Å². The molecule has 0 spiro atoms. The van der Waals surface area contributed by atoms with Gasteiger partial charge in [0.2, 0.25) is 0 Å². The number of carbonyl (C=O) groups is 1. The average Bonchev–Trinajstić information content (AvgIpc) is 3.76. The predicted octanol–water partition coefficient (Wildman–Crippen LogP) is 1.73. The van der Waals surface area contributed by atoms with Crippen LogP contribution in [-0.2, 0) is 21.9 Å². The number of fused-ring (bicyclic) bond motifs is 20. The van der Waals surface area contributed by atoms with Gasteiger partial charge in [0.15, 0.2) is 0 Å². The monoisotopic (exact) mass is 658 g/mol. The second-order valence-corrected chi connectivity index (χ2v) is 15.9. The third-order valence-corrected chi connectivity index (χ3v) is 14.0. The Morgan fingerprint density at radius 3 is 1.07 bits per heavy atom. The van der Waals surface area contributed by atoms with Gasteiger partial charge in [-0.25, -0.2) is 0 Å². The van der Waals surface area contributed by atoms with E-state index in [1.165, 1.54) is 77.0 Å². The fraction of sp³-hybridized carbons (Fsp3) is 0.939. The third-order valence-electron chi connectivity index (χ3n) is 14.0. The standard InChI is InChI=1S/C33H55N8O2.Cu/c42-33(43)23-15-7-14-22-24(23)32-40-30-21-13-6-5-12-20(21)28(38-30)36-26-17-9-2-1-8-16(17)25(34-26)35-27-18-10-3-4-11-19(18)29(37-27)39-31(22)41-32;/h15-32,34-41H,1-14H2,(H,42,43);/q-1;+1. The number of rotatable bonds is 1. The van der Waals surface area contributed by atoms with Crippen LogP contribution in [0.2, 0.25) is 0 Å². The molecule has 9 aliphatic rings. The van der Waals surface area contributed by atoms with Crippen molar-refractivity contribution in [2.75, 3.05) is 0 Å². The van der Waals surface area contributed by atoms with Crippen LogP contribution in [0.15, 0.2) is 0 Å². The van der Waals surface area contributed by atoms with E-state index in [1.54, 1.807) is 0 Å². The van der Waals surface area contributed by atoms with Crippen LogP contribution < -0.4 is 42.5 Å². The van der Waals surface area contributed by atoms with Gasteiger partial charge in [0, 0.05) is 0 Å². The van der Waals surface area contributed by atoms with Gasteiger partial charge in [0.25, 0.3) is 5.97 Å². The molecule has 250 valence electrons. The van der Waals surface area contributed by atoms with Crippen molar-refractivity contribution >= 4 is 5.97 Å². The largest absolute Gasteiger partial charge is 1.00 e. The van der Waals surface area contributed by atoms with Gasteiger partial charge in [0.05, 0.1) is 49.3 Å². The Hall–Kier alpha value is -0.331. The second kappa shape index (κ2) is 12.6. The summed E-state index contributed by atoms with van der Waals surface area (Å²) >= 11 is 0. The molecule has 0 radical (unpaired) electrons. The van der Waals surface area contributed by atoms with E-state index in [1.807, 2.05) is 0 Å². The van der Waals surface area contributed by atoms with Gasteiger partial charge in [-0.2, -0.15) is 6.42 Å². The maximum absolute atomic E-state index is 12.6. The number of carboxylic acid groups (broad SMARTS) is 1.